The first-order chi connectivity index (χ1) is 36.4. The largest absolute Gasteiger partial charge is 0.340 e. The Balaban J connectivity index is 0.000000231. The molecule has 0 aliphatic carbocycles. The third kappa shape index (κ3) is 10.0. The van der Waals surface area contributed by atoms with E-state index in [1.165, 1.54) is 0 Å². The zero-order valence-electron chi connectivity index (χ0n) is 48.3. The molecule has 4 aromatic heterocycles. The molecule has 18 nitrogen and oxygen atoms in total. The SMILES string of the molecule is [2H]C1[C@]([2H])(C(=O)Nc2ccc(F)c(Cl)c2)N(C([2H])([2H])[2H])S(=O)(=O)N[C@]1([2H])c1ncc(-c2cn(C([2H])([2H])[2H])cn2)s1.[2H]C1[C@]([2H])(c2ncc(-c3cn(C([2H])([2H])[2H])cn3)s2)NS(=O)(=O)N(C([2H])([2H])[2H])[C@]1([2H])C(=O)Nc1ccc(F)c(Cl)c1. The molecular weight excluding hydrogens is 934 g/mol. The number of thiazole rings is 2. The first-order valence-electron chi connectivity index (χ1n) is 25.7. The van der Waals surface area contributed by atoms with Crippen molar-refractivity contribution in [3.8, 4) is 21.1 Å². The van der Waals surface area contributed by atoms with Gasteiger partial charge in [-0.1, -0.05) is 23.2 Å². The lowest BCUT2D eigenvalue weighted by Crippen LogP contribution is -2.55. The molecule has 4 N–H and O–H groups in total. The molecule has 8 rings (SSSR count). The van der Waals surface area contributed by atoms with E-state index in [1.807, 2.05) is 0 Å². The van der Waals surface area contributed by atoms with E-state index >= 15 is 0 Å². The van der Waals surface area contributed by atoms with Gasteiger partial charge in [-0.15, -0.1) is 22.7 Å². The van der Waals surface area contributed by atoms with Crippen molar-refractivity contribution in [1.29, 1.82) is 0 Å². The van der Waals surface area contributed by atoms with E-state index in [1.54, 1.807) is 9.44 Å². The summed E-state index contributed by atoms with van der Waals surface area (Å²) in [7, 11) is -10.7. The molecule has 0 spiro atoms. The molecule has 0 saturated carbocycles. The van der Waals surface area contributed by atoms with Crippen LogP contribution in [-0.2, 0) is 44.0 Å². The maximum Gasteiger partial charge on any atom is 0.280 e. The molecule has 0 bridgehead atoms. The van der Waals surface area contributed by atoms with E-state index in [4.69, 9.17) is 47.9 Å². The highest BCUT2D eigenvalue weighted by Gasteiger charge is 2.43. The van der Waals surface area contributed by atoms with Gasteiger partial charge in [0, 0.05) is 83.3 Å². The van der Waals surface area contributed by atoms with Crippen LogP contribution in [0.25, 0.3) is 21.1 Å². The fraction of sp³-hybridized carbons (Fsp3) is 0.278. The third-order valence-corrected chi connectivity index (χ3v) is 12.9. The molecule has 2 aromatic carbocycles. The number of aryl methyl sites for hydroxylation is 2. The number of aromatic nitrogens is 6. The molecule has 2 unspecified atom stereocenters. The first kappa shape index (κ1) is 27.4. The van der Waals surface area contributed by atoms with Gasteiger partial charge in [-0.25, -0.2) is 28.7 Å². The molecule has 328 valence electrons. The van der Waals surface area contributed by atoms with Gasteiger partial charge in [-0.2, -0.15) is 34.9 Å². The molecule has 2 fully saturated rings. The Kier molecular flexibility index (Phi) is 8.03. The number of imidazole rings is 2. The van der Waals surface area contributed by atoms with Gasteiger partial charge in [-0.05, 0) is 49.2 Å². The summed E-state index contributed by atoms with van der Waals surface area (Å²) in [5, 5.41) is 2.34. The smallest absolute Gasteiger partial charge is 0.280 e. The Labute approximate surface area is 397 Å². The average molecular weight is 988 g/mol. The van der Waals surface area contributed by atoms with Crippen molar-refractivity contribution in [3.05, 3.63) is 106 Å². The molecule has 2 amide bonds. The normalized spacial score (nSPS) is 33.4. The number of hydrogen-bond acceptors (Lipinski definition) is 12. The van der Waals surface area contributed by atoms with Gasteiger partial charge in [0.05, 0.1) is 61.4 Å². The van der Waals surface area contributed by atoms with Crippen molar-refractivity contribution >= 4 is 89.5 Å². The predicted octanol–water partition coefficient (Wildman–Crippen LogP) is 5.11. The minimum Gasteiger partial charge on any atom is -0.340 e. The van der Waals surface area contributed by atoms with Crippen LogP contribution in [0.15, 0.2) is 73.8 Å². The number of benzene rings is 2. The molecule has 2 saturated heterocycles. The molecule has 26 heteroatoms. The monoisotopic (exact) mass is 986 g/mol. The van der Waals surface area contributed by atoms with Gasteiger partial charge >= 0.3 is 0 Å². The van der Waals surface area contributed by atoms with Crippen molar-refractivity contribution in [2.75, 3.05) is 24.6 Å². The van der Waals surface area contributed by atoms with E-state index in [-0.39, 0.29) is 32.5 Å². The summed E-state index contributed by atoms with van der Waals surface area (Å²) in [6.45, 7) is -12.4. The summed E-state index contributed by atoms with van der Waals surface area (Å²) in [5.41, 5.74) is -0.325. The maximum absolute atomic E-state index is 13.6. The van der Waals surface area contributed by atoms with Crippen LogP contribution in [-0.4, -0.2) is 92.3 Å². The van der Waals surface area contributed by atoms with Gasteiger partial charge < -0.3 is 19.8 Å². The summed E-state index contributed by atoms with van der Waals surface area (Å²) in [6, 6.07) is -7.17. The highest BCUT2D eigenvalue weighted by atomic mass is 35.5. The molecule has 62 heavy (non-hydrogen) atoms. The number of hydrogen-bond donors (Lipinski definition) is 4. The third-order valence-electron chi connectivity index (χ3n) is 7.92. The second kappa shape index (κ2) is 18.1. The quantitative estimate of drug-likeness (QED) is 0.158. The Morgan fingerprint density at radius 3 is 1.52 bits per heavy atom. The Morgan fingerprint density at radius 2 is 1.16 bits per heavy atom. The minimum absolute atomic E-state index is 0.0795. The fourth-order valence-electron chi connectivity index (χ4n) is 5.08. The van der Waals surface area contributed by atoms with Crippen LogP contribution < -0.4 is 20.1 Å². The number of nitrogens with one attached hydrogen (secondary N) is 4. The number of anilines is 2. The lowest BCUT2D eigenvalue weighted by molar-refractivity contribution is -0.120. The average Bonchev–Trinajstić information content (AvgIpc) is 4.16. The van der Waals surface area contributed by atoms with Crippen LogP contribution in [0.4, 0.5) is 20.2 Å². The van der Waals surface area contributed by atoms with Crippen molar-refractivity contribution in [2.24, 2.45) is 14.0 Å². The van der Waals surface area contributed by atoms with Crippen LogP contribution in [0, 0.1) is 11.6 Å². The second-order valence-corrected chi connectivity index (χ2v) is 18.1. The zero-order chi connectivity index (χ0) is 60.1. The van der Waals surface area contributed by atoms with E-state index in [9.17, 15) is 35.2 Å². The predicted molar refractivity (Wildman–Crippen MR) is 231 cm³/mol. The number of rotatable bonds is 8. The van der Waals surface area contributed by atoms with Crippen LogP contribution >= 0.6 is 45.9 Å². The molecule has 6 heterocycles. The number of halogens is 4. The zero-order valence-corrected chi connectivity index (χ0v) is 35.0. The molecule has 2 aliphatic heterocycles. The minimum atomic E-state index is -5.35. The van der Waals surface area contributed by atoms with Crippen molar-refractivity contribution in [2.45, 2.75) is 36.9 Å². The van der Waals surface area contributed by atoms with E-state index < -0.39 is 137 Å². The fourth-order valence-corrected chi connectivity index (χ4v) is 9.10. The summed E-state index contributed by atoms with van der Waals surface area (Å²) < 4.78 is 228. The van der Waals surface area contributed by atoms with E-state index in [0.29, 0.717) is 22.7 Å². The lowest BCUT2D eigenvalue weighted by Gasteiger charge is -2.35. The van der Waals surface area contributed by atoms with Gasteiger partial charge in [0.2, 0.25) is 11.8 Å². The second-order valence-electron chi connectivity index (χ2n) is 12.2. The van der Waals surface area contributed by atoms with Crippen LogP contribution in [0.2, 0.25) is 10.0 Å². The number of likely N-dealkylation sites (N-methyl/N-ethyl adjacent to an activating group) is 2. The van der Waals surface area contributed by atoms with Gasteiger partial charge in [0.15, 0.2) is 0 Å². The number of nitrogens with zero attached hydrogens (tertiary/aromatic N) is 8. The topological polar surface area (TPSA) is 218 Å². The highest BCUT2D eigenvalue weighted by molar-refractivity contribution is 7.87. The lowest BCUT2D eigenvalue weighted by atomic mass is 10.1. The molecule has 6 atom stereocenters. The van der Waals surface area contributed by atoms with Crippen LogP contribution in [0.1, 0.15) is 59.5 Å². The van der Waals surface area contributed by atoms with Crippen LogP contribution in [0.3, 0.4) is 0 Å². The Hall–Kier alpha value is -4.76. The summed E-state index contributed by atoms with van der Waals surface area (Å²) in [6.07, 6.45) is 1.59. The highest BCUT2D eigenvalue weighted by Crippen LogP contribution is 2.36. The van der Waals surface area contributed by atoms with E-state index in [2.05, 4.69) is 30.6 Å². The standard InChI is InChI=1S/2C18H18ClFN6O3S2/c2*1-25-8-14(22-9-25)16-7-21-18(30-16)13-6-15(26(2)31(28,29)24-13)17(27)23-10-3-4-12(20)11(19)5-10/h2*3-5,7-9,13,15,24H,6H2,1-2H3,(H,23,27)/t2*13-,15+/m10/s1/i2*1D3,2D3,6D,13D,15D/t2*6?,13-,15+. The Bertz CT molecular complexity index is 3400. The van der Waals surface area contributed by atoms with Crippen molar-refractivity contribution in [1.82, 2.24) is 47.1 Å². The summed E-state index contributed by atoms with van der Waals surface area (Å²) >= 11 is 12.6. The van der Waals surface area contributed by atoms with Gasteiger partial charge in [-0.3, -0.25) is 9.59 Å². The number of carbonyl (C=O) groups is 2. The maximum atomic E-state index is 13.6. The Morgan fingerprint density at radius 1 is 0.742 bits per heavy atom. The first-order valence-corrected chi connectivity index (χ1v) is 21.8. The van der Waals surface area contributed by atoms with E-state index in [0.717, 1.165) is 83.0 Å². The van der Waals surface area contributed by atoms with Crippen molar-refractivity contribution in [3.63, 3.8) is 0 Å². The van der Waals surface area contributed by atoms with Crippen LogP contribution in [0.5, 0.6) is 0 Å². The van der Waals surface area contributed by atoms with Gasteiger partial charge in [0.25, 0.3) is 20.4 Å². The van der Waals surface area contributed by atoms with Gasteiger partial charge in [0.1, 0.15) is 33.7 Å². The van der Waals surface area contributed by atoms with Crippen molar-refractivity contribution < 1.29 is 59.9 Å². The molecule has 2 aliphatic rings. The molecule has 6 aromatic rings. The summed E-state index contributed by atoms with van der Waals surface area (Å²) in [5.74, 6) is -5.00. The number of amides is 2. The molecular formula is C36H36Cl2F2N12O6S4. The number of carbonyl (C=O) groups excluding carboxylic acids is 2. The molecule has 0 radical (unpaired) electrons. The summed E-state index contributed by atoms with van der Waals surface area (Å²) in [4.78, 5) is 42.9.